The monoisotopic (exact) mass is 449 g/mol. The van der Waals surface area contributed by atoms with Crippen LogP contribution in [-0.2, 0) is 6.54 Å². The molecule has 0 unspecified atom stereocenters. The zero-order valence-electron chi connectivity index (χ0n) is 18.6. The van der Waals surface area contributed by atoms with Crippen LogP contribution in [0.25, 0.3) is 0 Å². The Labute approximate surface area is 190 Å². The number of anilines is 2. The molecule has 6 rings (SSSR count). The molecule has 1 aliphatic carbocycles. The number of hydrogen-bond acceptors (Lipinski definition) is 9. The summed E-state index contributed by atoms with van der Waals surface area (Å²) in [7, 11) is 0. The number of nitrogens with zero attached hydrogens (tertiary/aromatic N) is 7. The minimum Gasteiger partial charge on any atom is -0.484 e. The number of hydrogen-bond donors (Lipinski definition) is 0. The summed E-state index contributed by atoms with van der Waals surface area (Å²) >= 11 is 0. The molecule has 0 amide bonds. The number of benzene rings is 1. The Morgan fingerprint density at radius 2 is 1.82 bits per heavy atom. The van der Waals surface area contributed by atoms with Crippen LogP contribution < -0.4 is 14.5 Å². The maximum atomic E-state index is 14.6. The van der Waals surface area contributed by atoms with Gasteiger partial charge in [0.1, 0.15) is 23.4 Å². The topological polar surface area (TPSA) is 92.8 Å². The minimum absolute atomic E-state index is 0.254. The van der Waals surface area contributed by atoms with E-state index in [0.717, 1.165) is 78.9 Å². The Balaban J connectivity index is 1.22. The van der Waals surface area contributed by atoms with Gasteiger partial charge in [-0.05, 0) is 49.5 Å². The number of halogens is 1. The third-order valence-electron chi connectivity index (χ3n) is 6.56. The summed E-state index contributed by atoms with van der Waals surface area (Å²) in [5.41, 5.74) is 3.74. The third kappa shape index (κ3) is 3.69. The molecule has 2 aromatic heterocycles. The molecule has 3 aliphatic rings. The van der Waals surface area contributed by atoms with Crippen LogP contribution in [0.2, 0.25) is 0 Å². The van der Waals surface area contributed by atoms with Crippen LogP contribution in [0.15, 0.2) is 34.1 Å². The number of piperazine rings is 1. The van der Waals surface area contributed by atoms with Crippen molar-refractivity contribution in [1.29, 1.82) is 0 Å². The number of aryl methyl sites for hydroxylation is 1. The van der Waals surface area contributed by atoms with Crippen LogP contribution in [0.4, 0.5) is 16.0 Å². The van der Waals surface area contributed by atoms with E-state index >= 15 is 0 Å². The molecule has 1 aromatic carbocycles. The van der Waals surface area contributed by atoms with E-state index in [4.69, 9.17) is 9.37 Å². The molecule has 170 valence electrons. The van der Waals surface area contributed by atoms with Crippen LogP contribution in [0.1, 0.15) is 42.3 Å². The van der Waals surface area contributed by atoms with Gasteiger partial charge in [-0.15, -0.1) is 0 Å². The van der Waals surface area contributed by atoms with Gasteiger partial charge in [0, 0.05) is 37.8 Å². The molecule has 2 aliphatic heterocycles. The van der Waals surface area contributed by atoms with Crippen LogP contribution in [0.3, 0.4) is 0 Å². The van der Waals surface area contributed by atoms with E-state index in [1.165, 1.54) is 6.07 Å². The average Bonchev–Trinajstić information content (AvgIpc) is 3.19. The Bertz CT molecular complexity index is 1250. The largest absolute Gasteiger partial charge is 0.484 e. The number of rotatable bonds is 5. The van der Waals surface area contributed by atoms with Crippen LogP contribution in [-0.4, -0.2) is 57.8 Å². The molecular weight excluding hydrogens is 425 g/mol. The molecule has 2 fully saturated rings. The first-order chi connectivity index (χ1) is 16.0. The van der Waals surface area contributed by atoms with Gasteiger partial charge in [-0.25, -0.2) is 19.0 Å². The summed E-state index contributed by atoms with van der Waals surface area (Å²) in [4.78, 5) is 18.0. The molecular formula is C23H24FN7O2. The quantitative estimate of drug-likeness (QED) is 0.587. The SMILES string of the molecule is Cc1nonc1N1CCN(c2cc(C3=NCc4cc(F)c(OC5(C)CC5)cc43)ncn2)CC1. The molecule has 4 heterocycles. The zero-order valence-corrected chi connectivity index (χ0v) is 18.6. The van der Waals surface area contributed by atoms with Crippen molar-refractivity contribution in [3.63, 3.8) is 0 Å². The number of aliphatic imine (C=N–C) groups is 1. The van der Waals surface area contributed by atoms with Crippen molar-refractivity contribution in [2.45, 2.75) is 38.8 Å². The van der Waals surface area contributed by atoms with E-state index in [9.17, 15) is 4.39 Å². The van der Waals surface area contributed by atoms with E-state index < -0.39 is 0 Å². The second-order valence-corrected chi connectivity index (χ2v) is 9.07. The smallest absolute Gasteiger partial charge is 0.196 e. The first-order valence-electron chi connectivity index (χ1n) is 11.2. The van der Waals surface area contributed by atoms with E-state index in [1.807, 2.05) is 19.9 Å². The lowest BCUT2D eigenvalue weighted by molar-refractivity contribution is 0.191. The highest BCUT2D eigenvalue weighted by Crippen LogP contribution is 2.41. The van der Waals surface area contributed by atoms with Crippen LogP contribution >= 0.6 is 0 Å². The van der Waals surface area contributed by atoms with Gasteiger partial charge < -0.3 is 14.5 Å². The summed E-state index contributed by atoms with van der Waals surface area (Å²) in [6.07, 6.45) is 3.45. The Kier molecular flexibility index (Phi) is 4.56. The van der Waals surface area contributed by atoms with Gasteiger partial charge >= 0.3 is 0 Å². The molecule has 1 saturated carbocycles. The maximum Gasteiger partial charge on any atom is 0.196 e. The Morgan fingerprint density at radius 3 is 2.55 bits per heavy atom. The number of fused-ring (bicyclic) bond motifs is 1. The fraction of sp³-hybridized carbons (Fsp3) is 0.435. The minimum atomic E-state index is -0.336. The molecule has 0 spiro atoms. The molecule has 9 nitrogen and oxygen atoms in total. The highest BCUT2D eigenvalue weighted by atomic mass is 19.1. The zero-order chi connectivity index (χ0) is 22.6. The molecule has 3 aromatic rings. The van der Waals surface area contributed by atoms with Crippen molar-refractivity contribution in [2.75, 3.05) is 36.0 Å². The van der Waals surface area contributed by atoms with Crippen molar-refractivity contribution in [1.82, 2.24) is 20.3 Å². The number of aromatic nitrogens is 4. The lowest BCUT2D eigenvalue weighted by atomic mass is 10.0. The van der Waals surface area contributed by atoms with Crippen molar-refractivity contribution in [3.8, 4) is 5.75 Å². The third-order valence-corrected chi connectivity index (χ3v) is 6.56. The van der Waals surface area contributed by atoms with Gasteiger partial charge in [-0.3, -0.25) is 4.99 Å². The summed E-state index contributed by atoms with van der Waals surface area (Å²) < 4.78 is 25.3. The molecule has 0 atom stereocenters. The van der Waals surface area contributed by atoms with E-state index in [1.54, 1.807) is 12.4 Å². The van der Waals surface area contributed by atoms with E-state index in [0.29, 0.717) is 6.54 Å². The summed E-state index contributed by atoms with van der Waals surface area (Å²) in [5.74, 6) is 1.58. The summed E-state index contributed by atoms with van der Waals surface area (Å²) in [6, 6.07) is 5.27. The molecule has 0 radical (unpaired) electrons. The maximum absolute atomic E-state index is 14.6. The predicted molar refractivity (Wildman–Crippen MR) is 120 cm³/mol. The fourth-order valence-corrected chi connectivity index (χ4v) is 4.35. The van der Waals surface area contributed by atoms with Crippen LogP contribution in [0, 0.1) is 12.7 Å². The lowest BCUT2D eigenvalue weighted by Gasteiger charge is -2.35. The van der Waals surface area contributed by atoms with Gasteiger partial charge in [-0.1, -0.05) is 5.16 Å². The molecule has 33 heavy (non-hydrogen) atoms. The Morgan fingerprint density at radius 1 is 1.03 bits per heavy atom. The molecule has 0 bridgehead atoms. The summed E-state index contributed by atoms with van der Waals surface area (Å²) in [6.45, 7) is 7.48. The van der Waals surface area contributed by atoms with E-state index in [-0.39, 0.29) is 17.2 Å². The average molecular weight is 449 g/mol. The molecule has 10 heteroatoms. The molecule has 1 saturated heterocycles. The van der Waals surface area contributed by atoms with Gasteiger partial charge in [0.05, 0.1) is 18.0 Å². The fourth-order valence-electron chi connectivity index (χ4n) is 4.35. The summed E-state index contributed by atoms with van der Waals surface area (Å²) in [5, 5.41) is 7.88. The Hall–Kier alpha value is -3.56. The van der Waals surface area contributed by atoms with Gasteiger partial charge in [0.15, 0.2) is 17.4 Å². The van der Waals surface area contributed by atoms with Crippen LogP contribution in [0.5, 0.6) is 5.75 Å². The highest BCUT2D eigenvalue weighted by molar-refractivity contribution is 6.14. The van der Waals surface area contributed by atoms with Gasteiger partial charge in [0.25, 0.3) is 0 Å². The van der Waals surface area contributed by atoms with Crippen molar-refractivity contribution >= 4 is 17.3 Å². The van der Waals surface area contributed by atoms with Gasteiger partial charge in [-0.2, -0.15) is 0 Å². The standard InChI is InChI=1S/C23H24FN7O2/c1-14-22(29-33-28-14)31-7-5-30(6-8-31)20-11-18(26-13-27-20)21-16-10-19(32-23(2)3-4-23)17(24)9-15(16)12-25-21/h9-11,13H,3-8,12H2,1-2H3. The van der Waals surface area contributed by atoms with Crippen molar-refractivity contribution in [2.24, 2.45) is 4.99 Å². The van der Waals surface area contributed by atoms with Crippen molar-refractivity contribution in [3.05, 3.63) is 52.9 Å². The second-order valence-electron chi connectivity index (χ2n) is 9.07. The van der Waals surface area contributed by atoms with E-state index in [2.05, 4.69) is 35.1 Å². The number of ether oxygens (including phenoxy) is 1. The predicted octanol–water partition coefficient (Wildman–Crippen LogP) is 2.92. The highest BCUT2D eigenvalue weighted by Gasteiger charge is 2.41. The first-order valence-corrected chi connectivity index (χ1v) is 11.2. The van der Waals surface area contributed by atoms with Gasteiger partial charge in [0.2, 0.25) is 0 Å². The molecule has 0 N–H and O–H groups in total. The normalized spacial score (nSPS) is 18.8. The second kappa shape index (κ2) is 7.50. The lowest BCUT2D eigenvalue weighted by Crippen LogP contribution is -2.47. The first kappa shape index (κ1) is 20.1. The van der Waals surface area contributed by atoms with Crippen molar-refractivity contribution < 1.29 is 13.8 Å².